The molecule has 0 amide bonds. The number of ether oxygens (including phenoxy) is 1. The predicted molar refractivity (Wildman–Crippen MR) is 63.4 cm³/mol. The SMILES string of the molecule is COc1ccc(F)cc1C(O)C1CCCS1. The quantitative estimate of drug-likeness (QED) is 0.883. The van der Waals surface area contributed by atoms with Crippen molar-refractivity contribution in [1.82, 2.24) is 0 Å². The first kappa shape index (κ1) is 11.7. The second-order valence-corrected chi connectivity index (χ2v) is 5.23. The summed E-state index contributed by atoms with van der Waals surface area (Å²) in [4.78, 5) is 0. The first-order chi connectivity index (χ1) is 7.72. The van der Waals surface area contributed by atoms with E-state index in [0.29, 0.717) is 11.3 Å². The third kappa shape index (κ3) is 2.33. The molecule has 1 N–H and O–H groups in total. The number of aliphatic hydroxyl groups is 1. The van der Waals surface area contributed by atoms with E-state index in [1.54, 1.807) is 17.8 Å². The highest BCUT2D eigenvalue weighted by molar-refractivity contribution is 8.00. The summed E-state index contributed by atoms with van der Waals surface area (Å²) in [5.74, 6) is 1.29. The first-order valence-electron chi connectivity index (χ1n) is 5.35. The van der Waals surface area contributed by atoms with Gasteiger partial charge in [-0.3, -0.25) is 0 Å². The van der Waals surface area contributed by atoms with E-state index in [1.807, 2.05) is 0 Å². The Labute approximate surface area is 98.8 Å². The summed E-state index contributed by atoms with van der Waals surface area (Å²) in [5.41, 5.74) is 0.557. The summed E-state index contributed by atoms with van der Waals surface area (Å²) in [6.45, 7) is 0. The Kier molecular flexibility index (Phi) is 3.71. The average Bonchev–Trinajstić information content (AvgIpc) is 2.81. The summed E-state index contributed by atoms with van der Waals surface area (Å²) in [6, 6.07) is 4.27. The lowest BCUT2D eigenvalue weighted by atomic mass is 10.0. The predicted octanol–water partition coefficient (Wildman–Crippen LogP) is 2.76. The van der Waals surface area contributed by atoms with Gasteiger partial charge in [0.2, 0.25) is 0 Å². The molecule has 2 unspecified atom stereocenters. The Balaban J connectivity index is 2.26. The molecule has 16 heavy (non-hydrogen) atoms. The number of methoxy groups -OCH3 is 1. The van der Waals surface area contributed by atoms with Crippen molar-refractivity contribution in [2.24, 2.45) is 0 Å². The molecule has 0 aliphatic carbocycles. The van der Waals surface area contributed by atoms with E-state index in [9.17, 15) is 9.50 Å². The number of halogens is 1. The molecule has 0 saturated carbocycles. The zero-order chi connectivity index (χ0) is 11.5. The molecule has 0 bridgehead atoms. The van der Waals surface area contributed by atoms with Crippen molar-refractivity contribution in [2.45, 2.75) is 24.2 Å². The van der Waals surface area contributed by atoms with Crippen LogP contribution in [0, 0.1) is 5.82 Å². The maximum atomic E-state index is 13.2. The smallest absolute Gasteiger partial charge is 0.124 e. The number of hydrogen-bond acceptors (Lipinski definition) is 3. The fraction of sp³-hybridized carbons (Fsp3) is 0.500. The van der Waals surface area contributed by atoms with Gasteiger partial charge in [0.15, 0.2) is 0 Å². The van der Waals surface area contributed by atoms with E-state index in [2.05, 4.69) is 0 Å². The van der Waals surface area contributed by atoms with Crippen LogP contribution in [0.15, 0.2) is 18.2 Å². The molecule has 2 atom stereocenters. The number of benzene rings is 1. The maximum absolute atomic E-state index is 13.2. The van der Waals surface area contributed by atoms with E-state index in [1.165, 1.54) is 19.2 Å². The highest BCUT2D eigenvalue weighted by atomic mass is 32.2. The number of aliphatic hydroxyl groups excluding tert-OH is 1. The minimum atomic E-state index is -0.641. The summed E-state index contributed by atoms with van der Waals surface area (Å²) < 4.78 is 18.3. The van der Waals surface area contributed by atoms with Gasteiger partial charge in [0.05, 0.1) is 13.2 Å². The molecule has 1 aliphatic heterocycles. The van der Waals surface area contributed by atoms with Gasteiger partial charge >= 0.3 is 0 Å². The largest absolute Gasteiger partial charge is 0.496 e. The van der Waals surface area contributed by atoms with Gasteiger partial charge in [0, 0.05) is 10.8 Å². The third-order valence-electron chi connectivity index (χ3n) is 2.83. The Morgan fingerprint density at radius 1 is 1.56 bits per heavy atom. The molecule has 88 valence electrons. The van der Waals surface area contributed by atoms with Crippen LogP contribution in [0.5, 0.6) is 5.75 Å². The van der Waals surface area contributed by atoms with Crippen LogP contribution in [0.3, 0.4) is 0 Å². The Bertz CT molecular complexity index is 364. The molecule has 4 heteroatoms. The maximum Gasteiger partial charge on any atom is 0.124 e. The highest BCUT2D eigenvalue weighted by Gasteiger charge is 2.27. The van der Waals surface area contributed by atoms with Crippen LogP contribution in [0.25, 0.3) is 0 Å². The van der Waals surface area contributed by atoms with Crippen LogP contribution in [0.4, 0.5) is 4.39 Å². The summed E-state index contributed by atoms with van der Waals surface area (Å²) in [6.07, 6.45) is 1.45. The molecule has 1 heterocycles. The molecule has 0 radical (unpaired) electrons. The summed E-state index contributed by atoms with van der Waals surface area (Å²) in [7, 11) is 1.53. The Hall–Kier alpha value is -0.740. The average molecular weight is 242 g/mol. The lowest BCUT2D eigenvalue weighted by Crippen LogP contribution is -2.13. The van der Waals surface area contributed by atoms with Crippen molar-refractivity contribution >= 4 is 11.8 Å². The van der Waals surface area contributed by atoms with E-state index >= 15 is 0 Å². The molecule has 1 saturated heterocycles. The number of rotatable bonds is 3. The Morgan fingerprint density at radius 3 is 3.00 bits per heavy atom. The van der Waals surface area contributed by atoms with Crippen molar-refractivity contribution < 1.29 is 14.2 Å². The van der Waals surface area contributed by atoms with Gasteiger partial charge in [0.1, 0.15) is 11.6 Å². The molecule has 0 aromatic heterocycles. The monoisotopic (exact) mass is 242 g/mol. The van der Waals surface area contributed by atoms with E-state index in [-0.39, 0.29) is 11.1 Å². The lowest BCUT2D eigenvalue weighted by molar-refractivity contribution is 0.168. The number of thioether (sulfide) groups is 1. The van der Waals surface area contributed by atoms with Crippen LogP contribution in [-0.4, -0.2) is 23.2 Å². The minimum absolute atomic E-state index is 0.163. The van der Waals surface area contributed by atoms with Crippen molar-refractivity contribution in [3.05, 3.63) is 29.6 Å². The van der Waals surface area contributed by atoms with Crippen LogP contribution in [0.1, 0.15) is 24.5 Å². The van der Waals surface area contributed by atoms with Crippen LogP contribution >= 0.6 is 11.8 Å². The third-order valence-corrected chi connectivity index (χ3v) is 4.27. The highest BCUT2D eigenvalue weighted by Crippen LogP contribution is 2.39. The normalized spacial score (nSPS) is 22.1. The Morgan fingerprint density at radius 2 is 2.38 bits per heavy atom. The zero-order valence-electron chi connectivity index (χ0n) is 9.15. The molecule has 1 aromatic rings. The summed E-state index contributed by atoms with van der Waals surface area (Å²) >= 11 is 1.74. The van der Waals surface area contributed by atoms with E-state index < -0.39 is 6.10 Å². The van der Waals surface area contributed by atoms with Crippen molar-refractivity contribution in [3.63, 3.8) is 0 Å². The van der Waals surface area contributed by atoms with Gasteiger partial charge in [-0.1, -0.05) is 0 Å². The van der Waals surface area contributed by atoms with Gasteiger partial charge in [-0.15, -0.1) is 0 Å². The second-order valence-electron chi connectivity index (χ2n) is 3.88. The van der Waals surface area contributed by atoms with E-state index in [0.717, 1.165) is 18.6 Å². The van der Waals surface area contributed by atoms with E-state index in [4.69, 9.17) is 4.74 Å². The fourth-order valence-corrected chi connectivity index (χ4v) is 3.29. The van der Waals surface area contributed by atoms with Crippen LogP contribution in [0.2, 0.25) is 0 Å². The second kappa shape index (κ2) is 5.06. The van der Waals surface area contributed by atoms with Crippen molar-refractivity contribution in [3.8, 4) is 5.75 Å². The number of hydrogen-bond donors (Lipinski definition) is 1. The first-order valence-corrected chi connectivity index (χ1v) is 6.40. The topological polar surface area (TPSA) is 29.5 Å². The molecule has 2 rings (SSSR count). The van der Waals surface area contributed by atoms with Gasteiger partial charge in [0.25, 0.3) is 0 Å². The fourth-order valence-electron chi connectivity index (χ4n) is 1.99. The molecule has 1 aliphatic rings. The zero-order valence-corrected chi connectivity index (χ0v) is 9.97. The molecule has 1 fully saturated rings. The standard InChI is InChI=1S/C12H15FO2S/c1-15-10-5-4-8(13)7-9(10)12(14)11-3-2-6-16-11/h4-5,7,11-12,14H,2-3,6H2,1H3. The van der Waals surface area contributed by atoms with Crippen molar-refractivity contribution in [1.29, 1.82) is 0 Å². The summed E-state index contributed by atoms with van der Waals surface area (Å²) in [5, 5.41) is 10.4. The van der Waals surface area contributed by atoms with Crippen LogP contribution < -0.4 is 4.74 Å². The van der Waals surface area contributed by atoms with Crippen LogP contribution in [-0.2, 0) is 0 Å². The molecule has 2 nitrogen and oxygen atoms in total. The van der Waals surface area contributed by atoms with Gasteiger partial charge in [-0.25, -0.2) is 4.39 Å². The minimum Gasteiger partial charge on any atom is -0.496 e. The molecular weight excluding hydrogens is 227 g/mol. The van der Waals surface area contributed by atoms with Gasteiger partial charge in [-0.05, 0) is 36.8 Å². The van der Waals surface area contributed by atoms with Gasteiger partial charge in [-0.2, -0.15) is 11.8 Å². The molecular formula is C12H15FO2S. The lowest BCUT2D eigenvalue weighted by Gasteiger charge is -2.19. The molecule has 0 spiro atoms. The van der Waals surface area contributed by atoms with Crippen molar-refractivity contribution in [2.75, 3.05) is 12.9 Å². The van der Waals surface area contributed by atoms with Gasteiger partial charge < -0.3 is 9.84 Å². The molecule has 1 aromatic carbocycles.